The highest BCUT2D eigenvalue weighted by molar-refractivity contribution is 5.91. The van der Waals surface area contributed by atoms with E-state index in [0.717, 1.165) is 4.57 Å². The number of nitrogens with zero attached hydrogens (tertiary/aromatic N) is 1. The average Bonchev–Trinajstić information content (AvgIpc) is 2.51. The van der Waals surface area contributed by atoms with Crippen molar-refractivity contribution in [2.75, 3.05) is 0 Å². The van der Waals surface area contributed by atoms with Crippen LogP contribution in [0.3, 0.4) is 0 Å². The molecular weight excluding hydrogens is 259 g/mol. The summed E-state index contributed by atoms with van der Waals surface area (Å²) in [5, 5.41) is 9.16. The second kappa shape index (κ2) is 4.29. The van der Waals surface area contributed by atoms with Gasteiger partial charge in [0, 0.05) is 18.0 Å². The lowest BCUT2D eigenvalue weighted by atomic mass is 10.1. The van der Waals surface area contributed by atoms with E-state index in [4.69, 9.17) is 5.11 Å². The monoisotopic (exact) mass is 271 g/mol. The van der Waals surface area contributed by atoms with Crippen LogP contribution in [0, 0.1) is 6.92 Å². The normalized spacial score (nSPS) is 12.1. The Kier molecular flexibility index (Phi) is 3.04. The Morgan fingerprint density at radius 2 is 2.00 bits per heavy atom. The molecule has 0 radical (unpaired) electrons. The molecule has 0 saturated carbocycles. The zero-order valence-corrected chi connectivity index (χ0v) is 10.4. The van der Waals surface area contributed by atoms with E-state index < -0.39 is 24.3 Å². The highest BCUT2D eigenvalue weighted by Gasteiger charge is 2.38. The molecule has 2 aromatic rings. The van der Waals surface area contributed by atoms with Crippen molar-refractivity contribution in [3.63, 3.8) is 0 Å². The summed E-state index contributed by atoms with van der Waals surface area (Å²) in [5.74, 6) is -1.28. The van der Waals surface area contributed by atoms with Crippen LogP contribution in [0.1, 0.15) is 16.8 Å². The number of para-hydroxylation sites is 1. The SMILES string of the molecule is Cc1cccc2c(CC(=O)O)c(C(F)(F)F)n(C)c12. The second-order valence-electron chi connectivity index (χ2n) is 4.43. The number of carbonyl (C=O) groups is 1. The number of alkyl halides is 3. The summed E-state index contributed by atoms with van der Waals surface area (Å²) < 4.78 is 40.4. The Labute approximate surface area is 107 Å². The number of carboxylic acids is 1. The van der Waals surface area contributed by atoms with Gasteiger partial charge in [0.05, 0.1) is 11.9 Å². The molecule has 1 aromatic carbocycles. The molecule has 3 nitrogen and oxygen atoms in total. The molecule has 0 aliphatic carbocycles. The van der Waals surface area contributed by atoms with Crippen molar-refractivity contribution in [3.05, 3.63) is 35.0 Å². The fourth-order valence-electron chi connectivity index (χ4n) is 2.48. The highest BCUT2D eigenvalue weighted by atomic mass is 19.4. The van der Waals surface area contributed by atoms with E-state index in [9.17, 15) is 18.0 Å². The zero-order valence-electron chi connectivity index (χ0n) is 10.4. The third-order valence-corrected chi connectivity index (χ3v) is 3.12. The maximum Gasteiger partial charge on any atom is 0.431 e. The minimum Gasteiger partial charge on any atom is -0.481 e. The van der Waals surface area contributed by atoms with Gasteiger partial charge in [-0.05, 0) is 12.5 Å². The lowest BCUT2D eigenvalue weighted by Crippen LogP contribution is -2.15. The molecule has 0 saturated heterocycles. The fraction of sp³-hybridized carbons (Fsp3) is 0.308. The maximum atomic E-state index is 13.1. The lowest BCUT2D eigenvalue weighted by Gasteiger charge is -2.10. The van der Waals surface area contributed by atoms with Crippen molar-refractivity contribution in [2.45, 2.75) is 19.5 Å². The van der Waals surface area contributed by atoms with E-state index in [0.29, 0.717) is 16.5 Å². The Morgan fingerprint density at radius 1 is 1.37 bits per heavy atom. The molecule has 1 N–H and O–H groups in total. The summed E-state index contributed by atoms with van der Waals surface area (Å²) in [5.41, 5.74) is 0.0358. The Morgan fingerprint density at radius 3 is 2.53 bits per heavy atom. The Bertz CT molecular complexity index is 656. The van der Waals surface area contributed by atoms with Crippen LogP contribution in [0.15, 0.2) is 18.2 Å². The topological polar surface area (TPSA) is 42.2 Å². The third-order valence-electron chi connectivity index (χ3n) is 3.12. The summed E-state index contributed by atoms with van der Waals surface area (Å²) in [6.07, 6.45) is -5.22. The van der Waals surface area contributed by atoms with Gasteiger partial charge < -0.3 is 9.67 Å². The molecule has 0 spiro atoms. The molecule has 2 rings (SSSR count). The molecule has 0 unspecified atom stereocenters. The minimum absolute atomic E-state index is 0.179. The first-order chi connectivity index (χ1) is 8.73. The quantitative estimate of drug-likeness (QED) is 0.911. The standard InChI is InChI=1S/C13H12F3NO2/c1-7-4-3-5-8-9(6-10(18)19)12(13(14,15)16)17(2)11(7)8/h3-5H,6H2,1-2H3,(H,18,19). The van der Waals surface area contributed by atoms with E-state index in [2.05, 4.69) is 0 Å². The van der Waals surface area contributed by atoms with Gasteiger partial charge in [0.1, 0.15) is 5.69 Å². The number of hydrogen-bond donors (Lipinski definition) is 1. The predicted molar refractivity (Wildman–Crippen MR) is 64.0 cm³/mol. The Hall–Kier alpha value is -1.98. The predicted octanol–water partition coefficient (Wildman–Crippen LogP) is 3.13. The summed E-state index contributed by atoms with van der Waals surface area (Å²) in [4.78, 5) is 10.8. The molecule has 1 heterocycles. The van der Waals surface area contributed by atoms with Gasteiger partial charge in [0.25, 0.3) is 0 Å². The van der Waals surface area contributed by atoms with Crippen molar-refractivity contribution in [1.29, 1.82) is 0 Å². The number of fused-ring (bicyclic) bond motifs is 1. The zero-order chi connectivity index (χ0) is 14.4. The fourth-order valence-corrected chi connectivity index (χ4v) is 2.48. The van der Waals surface area contributed by atoms with Crippen LogP contribution in [-0.2, 0) is 24.4 Å². The van der Waals surface area contributed by atoms with Gasteiger partial charge in [0.15, 0.2) is 0 Å². The van der Waals surface area contributed by atoms with Gasteiger partial charge in [-0.15, -0.1) is 0 Å². The number of carboxylic acid groups (broad SMARTS) is 1. The van der Waals surface area contributed by atoms with E-state index in [1.54, 1.807) is 19.1 Å². The van der Waals surface area contributed by atoms with Crippen LogP contribution in [0.4, 0.5) is 13.2 Å². The number of aryl methyl sites for hydroxylation is 2. The van der Waals surface area contributed by atoms with Crippen LogP contribution in [-0.4, -0.2) is 15.6 Å². The van der Waals surface area contributed by atoms with E-state index in [1.165, 1.54) is 13.1 Å². The highest BCUT2D eigenvalue weighted by Crippen LogP contribution is 2.38. The molecule has 1 aromatic heterocycles. The van der Waals surface area contributed by atoms with E-state index >= 15 is 0 Å². The van der Waals surface area contributed by atoms with Gasteiger partial charge in [-0.3, -0.25) is 4.79 Å². The number of hydrogen-bond acceptors (Lipinski definition) is 1. The van der Waals surface area contributed by atoms with Crippen molar-refractivity contribution in [3.8, 4) is 0 Å². The third kappa shape index (κ3) is 2.18. The molecule has 0 aliphatic heterocycles. The van der Waals surface area contributed by atoms with Crippen molar-refractivity contribution in [1.82, 2.24) is 4.57 Å². The van der Waals surface area contributed by atoms with Crippen LogP contribution in [0.5, 0.6) is 0 Å². The molecule has 6 heteroatoms. The van der Waals surface area contributed by atoms with E-state index in [-0.39, 0.29) is 5.56 Å². The number of halogens is 3. The van der Waals surface area contributed by atoms with Crippen LogP contribution >= 0.6 is 0 Å². The van der Waals surface area contributed by atoms with Crippen LogP contribution in [0.25, 0.3) is 10.9 Å². The maximum absolute atomic E-state index is 13.1. The second-order valence-corrected chi connectivity index (χ2v) is 4.43. The molecule has 0 fully saturated rings. The van der Waals surface area contributed by atoms with Crippen molar-refractivity contribution >= 4 is 16.9 Å². The molecule has 19 heavy (non-hydrogen) atoms. The molecule has 0 amide bonds. The number of benzene rings is 1. The van der Waals surface area contributed by atoms with Gasteiger partial charge in [-0.2, -0.15) is 13.2 Å². The number of aromatic nitrogens is 1. The summed E-state index contributed by atoms with van der Waals surface area (Å²) in [7, 11) is 1.31. The smallest absolute Gasteiger partial charge is 0.431 e. The lowest BCUT2D eigenvalue weighted by molar-refractivity contribution is -0.144. The Balaban J connectivity index is 2.89. The van der Waals surface area contributed by atoms with Gasteiger partial charge in [0.2, 0.25) is 0 Å². The average molecular weight is 271 g/mol. The van der Waals surface area contributed by atoms with Crippen LogP contribution < -0.4 is 0 Å². The summed E-state index contributed by atoms with van der Waals surface area (Å²) in [6, 6.07) is 4.85. The molecular formula is C13H12F3NO2. The molecule has 0 aliphatic rings. The minimum atomic E-state index is -4.58. The van der Waals surface area contributed by atoms with E-state index in [1.807, 2.05) is 0 Å². The largest absolute Gasteiger partial charge is 0.481 e. The number of aliphatic carboxylic acids is 1. The van der Waals surface area contributed by atoms with Gasteiger partial charge in [-0.1, -0.05) is 18.2 Å². The summed E-state index contributed by atoms with van der Waals surface area (Å²) >= 11 is 0. The van der Waals surface area contributed by atoms with Gasteiger partial charge in [-0.25, -0.2) is 0 Å². The molecule has 0 atom stereocenters. The first-order valence-corrected chi connectivity index (χ1v) is 5.59. The summed E-state index contributed by atoms with van der Waals surface area (Å²) in [6.45, 7) is 1.70. The van der Waals surface area contributed by atoms with Crippen LogP contribution in [0.2, 0.25) is 0 Å². The van der Waals surface area contributed by atoms with Crippen molar-refractivity contribution in [2.24, 2.45) is 7.05 Å². The first-order valence-electron chi connectivity index (χ1n) is 5.59. The number of rotatable bonds is 2. The van der Waals surface area contributed by atoms with Crippen molar-refractivity contribution < 1.29 is 23.1 Å². The molecule has 0 bridgehead atoms. The van der Waals surface area contributed by atoms with Gasteiger partial charge >= 0.3 is 12.1 Å². The molecule has 102 valence electrons. The first kappa shape index (κ1) is 13.5.